The molecule has 0 atom stereocenters. The molecule has 18 heavy (non-hydrogen) atoms. The van der Waals surface area contributed by atoms with E-state index in [0.717, 1.165) is 0 Å². The first-order chi connectivity index (χ1) is 8.16. The second kappa shape index (κ2) is 6.24. The van der Waals surface area contributed by atoms with Crippen molar-refractivity contribution in [3.05, 3.63) is 46.8 Å². The second-order valence-corrected chi connectivity index (χ2v) is 18.2. The van der Waals surface area contributed by atoms with Gasteiger partial charge in [-0.3, -0.25) is 0 Å². The van der Waals surface area contributed by atoms with E-state index in [9.17, 15) is 0 Å². The predicted octanol–water partition coefficient (Wildman–Crippen LogP) is 5.68. The van der Waals surface area contributed by atoms with E-state index in [2.05, 4.69) is 74.0 Å². The van der Waals surface area contributed by atoms with E-state index >= 15 is 0 Å². The van der Waals surface area contributed by atoms with Crippen LogP contribution in [0.5, 0.6) is 0 Å². The minimum absolute atomic E-state index is 1.19. The predicted molar refractivity (Wildman–Crippen MR) is 91.2 cm³/mol. The summed E-state index contributed by atoms with van der Waals surface area (Å²) in [6, 6.07) is 8.40. The maximum Gasteiger partial charge on any atom is 0.173 e. The molecule has 0 bridgehead atoms. The van der Waals surface area contributed by atoms with Crippen LogP contribution in [0.15, 0.2) is 35.7 Å². The van der Waals surface area contributed by atoms with E-state index in [1.54, 1.807) is 0 Å². The number of benzene rings is 1. The summed E-state index contributed by atoms with van der Waals surface area (Å²) in [5, 5.41) is 0. The maximum absolute atomic E-state index is 6.27. The molecule has 0 saturated carbocycles. The van der Waals surface area contributed by atoms with E-state index in [1.165, 1.54) is 11.1 Å². The fourth-order valence-corrected chi connectivity index (χ4v) is 2.91. The molecule has 0 radical (unpaired) electrons. The molecule has 0 spiro atoms. The second-order valence-electron chi connectivity index (χ2n) is 5.47. The van der Waals surface area contributed by atoms with Crippen LogP contribution >= 0.6 is 22.2 Å². The molecular weight excluding hydrogens is 295 g/mol. The van der Waals surface area contributed by atoms with Gasteiger partial charge in [0.15, 0.2) is 14.8 Å². The van der Waals surface area contributed by atoms with Crippen molar-refractivity contribution in [1.82, 2.24) is 0 Å². The van der Waals surface area contributed by atoms with Crippen molar-refractivity contribution < 1.29 is 0 Å². The van der Waals surface area contributed by atoms with Gasteiger partial charge < -0.3 is 0 Å². The van der Waals surface area contributed by atoms with E-state index in [4.69, 9.17) is 22.2 Å². The fourth-order valence-electron chi connectivity index (χ4n) is 1.36. The number of rotatable bonds is 4. The third-order valence-corrected chi connectivity index (χ3v) is 4.93. The molecule has 1 aromatic rings. The zero-order valence-corrected chi connectivity index (χ0v) is 14.9. The summed E-state index contributed by atoms with van der Waals surface area (Å²) in [4.78, 5) is 0. The summed E-state index contributed by atoms with van der Waals surface area (Å²) >= 11 is 12.5. The summed E-state index contributed by atoms with van der Waals surface area (Å²) in [5.41, 5.74) is 6.65. The van der Waals surface area contributed by atoms with Crippen molar-refractivity contribution in [3.8, 4) is 0 Å². The Hall–Kier alpha value is -0.286. The highest BCUT2D eigenvalue weighted by atomic mass is 35.6. The summed E-state index contributed by atoms with van der Waals surface area (Å²) in [7, 11) is -3.29. The molecule has 0 unspecified atom stereocenters. The van der Waals surface area contributed by atoms with Crippen molar-refractivity contribution >= 4 is 49.1 Å². The molecule has 0 N–H and O–H groups in total. The normalized spacial score (nSPS) is 13.7. The van der Waals surface area contributed by atoms with Gasteiger partial charge in [-0.2, -0.15) is 22.2 Å². The van der Waals surface area contributed by atoms with Crippen LogP contribution in [0.3, 0.4) is 0 Å². The summed E-state index contributed by atoms with van der Waals surface area (Å²) in [6.07, 6.45) is 4.22. The highest BCUT2D eigenvalue weighted by molar-refractivity contribution is 7.22. The third-order valence-electron chi connectivity index (χ3n) is 2.25. The lowest BCUT2D eigenvalue weighted by molar-refractivity contribution is 1.62. The molecule has 1 rings (SSSR count). The zero-order chi connectivity index (χ0) is 13.8. The smallest absolute Gasteiger partial charge is 0.162 e. The molecule has 0 amide bonds. The zero-order valence-electron chi connectivity index (χ0n) is 11.4. The monoisotopic (exact) mass is 314 g/mol. The van der Waals surface area contributed by atoms with Crippen molar-refractivity contribution in [2.24, 2.45) is 0 Å². The third kappa shape index (κ3) is 7.22. The first-order valence-corrected chi connectivity index (χ1v) is 14.2. The van der Waals surface area contributed by atoms with E-state index in [1.807, 2.05) is 0 Å². The molecule has 4 heteroatoms. The largest absolute Gasteiger partial charge is 0.173 e. The average Bonchev–Trinajstić information content (AvgIpc) is 2.22. The Balaban J connectivity index is 2.87. The quantitative estimate of drug-likeness (QED) is 0.495. The highest BCUT2D eigenvalue weighted by Crippen LogP contribution is 2.16. The maximum atomic E-state index is 6.27. The molecule has 0 fully saturated rings. The van der Waals surface area contributed by atoms with Gasteiger partial charge in [-0.05, 0) is 17.2 Å². The lowest BCUT2D eigenvalue weighted by Gasteiger charge is -2.06. The van der Waals surface area contributed by atoms with Gasteiger partial charge in [0.25, 0.3) is 0 Å². The van der Waals surface area contributed by atoms with Gasteiger partial charge in [-0.15, -0.1) is 0 Å². The van der Waals surface area contributed by atoms with Crippen molar-refractivity contribution in [2.45, 2.75) is 26.2 Å². The molecule has 1 aromatic carbocycles. The van der Waals surface area contributed by atoms with Crippen molar-refractivity contribution in [3.63, 3.8) is 0 Å². The van der Waals surface area contributed by atoms with E-state index in [0.29, 0.717) is 0 Å². The molecular formula is C14H20Cl2Si2. The molecule has 0 nitrogen and oxygen atoms in total. The minimum Gasteiger partial charge on any atom is -0.162 e. The van der Waals surface area contributed by atoms with E-state index < -0.39 is 14.8 Å². The van der Waals surface area contributed by atoms with Gasteiger partial charge in [0.2, 0.25) is 0 Å². The molecule has 0 aromatic heterocycles. The van der Waals surface area contributed by atoms with E-state index in [-0.39, 0.29) is 0 Å². The SMILES string of the molecule is C[Si](C)(Cl)C=Cc1cccc(C=C[Si](C)(C)Cl)c1. The Bertz CT molecular complexity index is 412. The lowest BCUT2D eigenvalue weighted by atomic mass is 10.1. The standard InChI is InChI=1S/C14H20Cl2Si2/c1-17(2,15)10-8-13-6-5-7-14(12-13)9-11-18(3,4)16/h5-12H,1-4H3. The molecule has 0 saturated heterocycles. The Morgan fingerprint density at radius 3 is 1.56 bits per heavy atom. The molecule has 0 heterocycles. The van der Waals surface area contributed by atoms with Gasteiger partial charge >= 0.3 is 0 Å². The topological polar surface area (TPSA) is 0 Å². The minimum atomic E-state index is -1.65. The van der Waals surface area contributed by atoms with Crippen LogP contribution in [0.4, 0.5) is 0 Å². The van der Waals surface area contributed by atoms with Crippen LogP contribution in [-0.2, 0) is 0 Å². The summed E-state index contributed by atoms with van der Waals surface area (Å²) < 4.78 is 0. The van der Waals surface area contributed by atoms with Crippen LogP contribution in [0.25, 0.3) is 12.2 Å². The number of hydrogen-bond acceptors (Lipinski definition) is 0. The highest BCUT2D eigenvalue weighted by Gasteiger charge is 2.11. The lowest BCUT2D eigenvalue weighted by Crippen LogP contribution is -2.11. The van der Waals surface area contributed by atoms with Crippen molar-refractivity contribution in [2.75, 3.05) is 0 Å². The van der Waals surface area contributed by atoms with Gasteiger partial charge in [-0.25, -0.2) is 0 Å². The summed E-state index contributed by atoms with van der Waals surface area (Å²) in [5.74, 6) is 0. The van der Waals surface area contributed by atoms with Gasteiger partial charge in [-0.1, -0.05) is 67.9 Å². The Labute approximate surface area is 122 Å². The van der Waals surface area contributed by atoms with Gasteiger partial charge in [0.1, 0.15) is 0 Å². The first kappa shape index (κ1) is 15.8. The summed E-state index contributed by atoms with van der Waals surface area (Å²) in [6.45, 7) is 8.43. The Morgan fingerprint density at radius 2 is 1.22 bits per heavy atom. The van der Waals surface area contributed by atoms with Gasteiger partial charge in [0.05, 0.1) is 0 Å². The molecule has 0 aliphatic carbocycles. The van der Waals surface area contributed by atoms with Crippen LogP contribution in [0.2, 0.25) is 26.2 Å². The number of halogens is 2. The molecule has 98 valence electrons. The Morgan fingerprint density at radius 1 is 0.833 bits per heavy atom. The van der Waals surface area contributed by atoms with Crippen LogP contribution in [-0.4, -0.2) is 14.8 Å². The first-order valence-electron chi connectivity index (χ1n) is 6.02. The molecule has 0 aliphatic rings. The van der Waals surface area contributed by atoms with Crippen LogP contribution < -0.4 is 0 Å². The van der Waals surface area contributed by atoms with Gasteiger partial charge in [0, 0.05) is 0 Å². The average molecular weight is 315 g/mol. The van der Waals surface area contributed by atoms with Crippen molar-refractivity contribution in [1.29, 1.82) is 0 Å². The fraction of sp³-hybridized carbons (Fsp3) is 0.286. The number of hydrogen-bond donors (Lipinski definition) is 0. The Kier molecular flexibility index (Phi) is 5.47. The van der Waals surface area contributed by atoms with Crippen LogP contribution in [0.1, 0.15) is 11.1 Å². The molecule has 0 aliphatic heterocycles. The van der Waals surface area contributed by atoms with Crippen LogP contribution in [0, 0.1) is 0 Å².